The van der Waals surface area contributed by atoms with Crippen molar-refractivity contribution in [3.63, 3.8) is 0 Å². The van der Waals surface area contributed by atoms with Crippen LogP contribution < -0.4 is 0 Å². The summed E-state index contributed by atoms with van der Waals surface area (Å²) in [5.41, 5.74) is 5.99. The number of ether oxygens (including phenoxy) is 1. The van der Waals surface area contributed by atoms with Crippen molar-refractivity contribution in [2.45, 2.75) is 25.8 Å². The summed E-state index contributed by atoms with van der Waals surface area (Å²) in [7, 11) is 6.38. The van der Waals surface area contributed by atoms with Crippen LogP contribution >= 0.6 is 0 Å². The molecule has 0 saturated carbocycles. The molecule has 33 heavy (non-hydrogen) atoms. The zero-order valence-corrected chi connectivity index (χ0v) is 20.3. The van der Waals surface area contributed by atoms with E-state index >= 15 is 0 Å². The van der Waals surface area contributed by atoms with Gasteiger partial charge in [-0.25, -0.2) is 0 Å². The van der Waals surface area contributed by atoms with Crippen LogP contribution in [0.1, 0.15) is 35.0 Å². The fourth-order valence-electron chi connectivity index (χ4n) is 4.52. The smallest absolute Gasteiger partial charge is 0.183 e. The van der Waals surface area contributed by atoms with Crippen LogP contribution in [-0.2, 0) is 17.8 Å². The lowest BCUT2D eigenvalue weighted by atomic mass is 9.95. The van der Waals surface area contributed by atoms with Gasteiger partial charge in [-0.15, -0.1) is 0 Å². The zero-order valence-electron chi connectivity index (χ0n) is 20.3. The number of aliphatic hydroxyl groups is 1. The lowest BCUT2D eigenvalue weighted by Gasteiger charge is -2.32. The molecule has 1 N–H and O–H groups in total. The van der Waals surface area contributed by atoms with Gasteiger partial charge in [-0.2, -0.15) is 0 Å². The summed E-state index contributed by atoms with van der Waals surface area (Å²) < 4.78 is 5.92. The van der Waals surface area contributed by atoms with Crippen LogP contribution in [-0.4, -0.2) is 85.3 Å². The Labute approximate surface area is 198 Å². The first-order chi connectivity index (χ1) is 16.0. The molecule has 2 heterocycles. The first kappa shape index (κ1) is 23.9. The van der Waals surface area contributed by atoms with Crippen molar-refractivity contribution in [1.29, 1.82) is 0 Å². The molecule has 6 heteroatoms. The van der Waals surface area contributed by atoms with Gasteiger partial charge in [0, 0.05) is 57.6 Å². The van der Waals surface area contributed by atoms with E-state index in [0.717, 1.165) is 57.8 Å². The number of benzene rings is 2. The van der Waals surface area contributed by atoms with Crippen LogP contribution in [0.2, 0.25) is 0 Å². The van der Waals surface area contributed by atoms with Crippen molar-refractivity contribution in [2.24, 2.45) is 0 Å². The Morgan fingerprint density at radius 2 is 1.82 bits per heavy atom. The van der Waals surface area contributed by atoms with E-state index in [2.05, 4.69) is 83.3 Å². The summed E-state index contributed by atoms with van der Waals surface area (Å²) >= 11 is 0. The average Bonchev–Trinajstić information content (AvgIpc) is 2.82. The third kappa shape index (κ3) is 6.65. The van der Waals surface area contributed by atoms with Gasteiger partial charge in [-0.3, -0.25) is 4.90 Å². The quantitative estimate of drug-likeness (QED) is 0.592. The Hall–Kier alpha value is -2.22. The molecule has 4 rings (SSSR count). The van der Waals surface area contributed by atoms with Crippen molar-refractivity contribution < 1.29 is 9.84 Å². The molecule has 178 valence electrons. The molecule has 2 aromatic carbocycles. The summed E-state index contributed by atoms with van der Waals surface area (Å²) in [6.45, 7) is 7.43. The number of hydrogen-bond donors (Lipinski definition) is 1. The minimum atomic E-state index is -0.937. The predicted octanol–water partition coefficient (Wildman–Crippen LogP) is 3.21. The fraction of sp³-hybridized carbons (Fsp3) is 0.481. The van der Waals surface area contributed by atoms with Crippen LogP contribution in [0.3, 0.4) is 0 Å². The van der Waals surface area contributed by atoms with E-state index in [1.54, 1.807) is 0 Å². The van der Waals surface area contributed by atoms with Crippen molar-refractivity contribution in [1.82, 2.24) is 19.6 Å². The molecule has 2 aromatic rings. The normalized spacial score (nSPS) is 18.3. The second-order valence-corrected chi connectivity index (χ2v) is 9.58. The van der Waals surface area contributed by atoms with E-state index in [1.807, 2.05) is 12.1 Å². The summed E-state index contributed by atoms with van der Waals surface area (Å²) in [4.78, 5) is 9.20. The van der Waals surface area contributed by atoms with E-state index < -0.39 is 6.29 Å². The standard InChI is InChI=1S/C27H38N4O2/c1-28(2)12-11-25-20-31(19-24-8-4-5-10-26(24)25)21-33-27(32)23-9-6-7-22(17-23)18-30-15-13-29(3)14-16-30/h4-10,17,20,27,32H,11-16,18-19,21H2,1-3H3. The molecule has 1 saturated heterocycles. The summed E-state index contributed by atoms with van der Waals surface area (Å²) in [5, 5.41) is 10.8. The van der Waals surface area contributed by atoms with E-state index in [4.69, 9.17) is 4.74 Å². The maximum atomic E-state index is 10.8. The molecule has 2 aliphatic heterocycles. The Morgan fingerprint density at radius 1 is 1.03 bits per heavy atom. The number of fused-ring (bicyclic) bond motifs is 1. The van der Waals surface area contributed by atoms with Gasteiger partial charge in [0.25, 0.3) is 0 Å². The van der Waals surface area contributed by atoms with Gasteiger partial charge in [0.15, 0.2) is 6.29 Å². The highest BCUT2D eigenvalue weighted by molar-refractivity contribution is 5.69. The minimum absolute atomic E-state index is 0.351. The van der Waals surface area contributed by atoms with Crippen LogP contribution in [0.15, 0.2) is 54.7 Å². The predicted molar refractivity (Wildman–Crippen MR) is 133 cm³/mol. The molecule has 0 aromatic heterocycles. The van der Waals surface area contributed by atoms with E-state index in [9.17, 15) is 5.11 Å². The molecule has 2 aliphatic rings. The van der Waals surface area contributed by atoms with E-state index in [0.29, 0.717) is 6.73 Å². The highest BCUT2D eigenvalue weighted by Gasteiger charge is 2.19. The highest BCUT2D eigenvalue weighted by atomic mass is 16.6. The third-order valence-electron chi connectivity index (χ3n) is 6.54. The van der Waals surface area contributed by atoms with Gasteiger partial charge in [0.1, 0.15) is 6.73 Å². The Kier molecular flexibility index (Phi) is 8.17. The van der Waals surface area contributed by atoms with Crippen LogP contribution in [0.25, 0.3) is 5.57 Å². The summed E-state index contributed by atoms with van der Waals surface area (Å²) in [6.07, 6.45) is 2.24. The number of piperazine rings is 1. The maximum absolute atomic E-state index is 10.8. The Bertz CT molecular complexity index is 937. The lowest BCUT2D eigenvalue weighted by molar-refractivity contribution is -0.131. The summed E-state index contributed by atoms with van der Waals surface area (Å²) in [5.74, 6) is 0. The molecule has 1 fully saturated rings. The zero-order chi connectivity index (χ0) is 23.2. The highest BCUT2D eigenvalue weighted by Crippen LogP contribution is 2.29. The third-order valence-corrected chi connectivity index (χ3v) is 6.54. The monoisotopic (exact) mass is 450 g/mol. The Morgan fingerprint density at radius 3 is 2.61 bits per heavy atom. The largest absolute Gasteiger partial charge is 0.364 e. The number of aliphatic hydroxyl groups excluding tert-OH is 1. The van der Waals surface area contributed by atoms with Crippen LogP contribution in [0.5, 0.6) is 0 Å². The molecule has 0 radical (unpaired) electrons. The lowest BCUT2D eigenvalue weighted by Crippen LogP contribution is -2.43. The fourth-order valence-corrected chi connectivity index (χ4v) is 4.52. The van der Waals surface area contributed by atoms with Crippen LogP contribution in [0.4, 0.5) is 0 Å². The second-order valence-electron chi connectivity index (χ2n) is 9.58. The van der Waals surface area contributed by atoms with Crippen molar-refractivity contribution in [3.8, 4) is 0 Å². The molecule has 1 atom stereocenters. The van der Waals surface area contributed by atoms with Crippen LogP contribution in [0, 0.1) is 0 Å². The SMILES string of the molecule is CN(C)CCC1=CN(COC(O)c2cccc(CN3CCN(C)CC3)c2)Cc2ccccc21. The molecular formula is C27H38N4O2. The molecule has 1 unspecified atom stereocenters. The van der Waals surface area contributed by atoms with E-state index in [1.165, 1.54) is 22.3 Å². The molecule has 0 amide bonds. The summed E-state index contributed by atoms with van der Waals surface area (Å²) in [6, 6.07) is 16.8. The molecule has 0 bridgehead atoms. The first-order valence-corrected chi connectivity index (χ1v) is 11.9. The average molecular weight is 451 g/mol. The number of likely N-dealkylation sites (N-methyl/N-ethyl adjacent to an activating group) is 1. The minimum Gasteiger partial charge on any atom is -0.364 e. The molecule has 6 nitrogen and oxygen atoms in total. The first-order valence-electron chi connectivity index (χ1n) is 11.9. The van der Waals surface area contributed by atoms with E-state index in [-0.39, 0.29) is 0 Å². The van der Waals surface area contributed by atoms with Crippen molar-refractivity contribution in [3.05, 3.63) is 77.0 Å². The van der Waals surface area contributed by atoms with Crippen molar-refractivity contribution in [2.75, 3.05) is 60.6 Å². The molecular weight excluding hydrogens is 412 g/mol. The van der Waals surface area contributed by atoms with Gasteiger partial charge in [-0.1, -0.05) is 42.5 Å². The Balaban J connectivity index is 1.36. The topological polar surface area (TPSA) is 42.4 Å². The number of rotatable bonds is 9. The van der Waals surface area contributed by atoms with Gasteiger partial charge >= 0.3 is 0 Å². The number of nitrogens with zero attached hydrogens (tertiary/aromatic N) is 4. The second kappa shape index (κ2) is 11.3. The maximum Gasteiger partial charge on any atom is 0.183 e. The van der Waals surface area contributed by atoms with Crippen molar-refractivity contribution >= 4 is 5.57 Å². The van der Waals surface area contributed by atoms with Gasteiger partial charge in [0.05, 0.1) is 0 Å². The van der Waals surface area contributed by atoms with Gasteiger partial charge in [-0.05, 0) is 55.9 Å². The van der Waals surface area contributed by atoms with Gasteiger partial charge < -0.3 is 24.5 Å². The van der Waals surface area contributed by atoms with Gasteiger partial charge in [0.2, 0.25) is 0 Å². The molecule has 0 aliphatic carbocycles. The number of hydrogen-bond acceptors (Lipinski definition) is 6. The molecule has 0 spiro atoms.